The van der Waals surface area contributed by atoms with E-state index in [1.54, 1.807) is 24.3 Å². The molecule has 0 radical (unpaired) electrons. The van der Waals surface area contributed by atoms with Crippen molar-refractivity contribution in [1.82, 2.24) is 0 Å². The molecule has 0 spiro atoms. The van der Waals surface area contributed by atoms with Crippen molar-refractivity contribution in [2.24, 2.45) is 10.6 Å². The molecule has 148 valence electrons. The van der Waals surface area contributed by atoms with Gasteiger partial charge in [0.05, 0.1) is 11.4 Å². The highest BCUT2D eigenvalue weighted by atomic mass is 35.5. The minimum Gasteiger partial charge on any atom is -1.00 e. The normalized spacial score (nSPS) is 11.4. The standard InChI is InChI=1S/C17H23N5O3S.ClH/c1-17(2,3)16(23)21-13-8-9-14(22-15(13)18)20-10-11-4-6-12(7-5-11)26(19,24)25;/h4-9H,10H2,1-3H3,(H,21,23)(H3,18,20,22)(H2,19,24,25);1H. The Morgan fingerprint density at radius 1 is 1.11 bits per heavy atom. The molecule has 0 aliphatic heterocycles. The Kier molecular flexibility index (Phi) is 7.18. The second-order valence-corrected chi connectivity index (χ2v) is 8.51. The van der Waals surface area contributed by atoms with E-state index >= 15 is 0 Å². The van der Waals surface area contributed by atoms with E-state index in [1.807, 2.05) is 20.8 Å². The number of pyridine rings is 1. The number of hydrogen-bond acceptors (Lipinski definition) is 5. The first-order valence-electron chi connectivity index (χ1n) is 7.96. The summed E-state index contributed by atoms with van der Waals surface area (Å²) >= 11 is 0. The summed E-state index contributed by atoms with van der Waals surface area (Å²) in [4.78, 5) is 15.1. The molecule has 0 atom stereocenters. The van der Waals surface area contributed by atoms with Gasteiger partial charge in [0.25, 0.3) is 0 Å². The fraction of sp³-hybridized carbons (Fsp3) is 0.294. The number of nitrogen functional groups attached to an aromatic ring is 1. The van der Waals surface area contributed by atoms with Gasteiger partial charge in [-0.25, -0.2) is 18.5 Å². The van der Waals surface area contributed by atoms with Crippen LogP contribution in [0.5, 0.6) is 0 Å². The molecule has 0 saturated heterocycles. The molecule has 0 bridgehead atoms. The van der Waals surface area contributed by atoms with Crippen molar-refractivity contribution in [1.29, 1.82) is 0 Å². The van der Waals surface area contributed by atoms with Crippen LogP contribution in [0.25, 0.3) is 0 Å². The lowest BCUT2D eigenvalue weighted by molar-refractivity contribution is -0.342. The average Bonchev–Trinajstić information content (AvgIpc) is 2.53. The Labute approximate surface area is 165 Å². The highest BCUT2D eigenvalue weighted by molar-refractivity contribution is 7.89. The van der Waals surface area contributed by atoms with Crippen LogP contribution in [-0.2, 0) is 21.4 Å². The van der Waals surface area contributed by atoms with E-state index in [-0.39, 0.29) is 23.2 Å². The third-order valence-corrected chi connectivity index (χ3v) is 4.57. The fourth-order valence-electron chi connectivity index (χ4n) is 2.03. The summed E-state index contributed by atoms with van der Waals surface area (Å²) in [5.41, 5.74) is 6.81. The Hall–Kier alpha value is -2.36. The molecular formula is C17H24ClN5O3S. The van der Waals surface area contributed by atoms with Crippen LogP contribution >= 0.6 is 0 Å². The van der Waals surface area contributed by atoms with Gasteiger partial charge in [-0.15, -0.1) is 0 Å². The van der Waals surface area contributed by atoms with Gasteiger partial charge in [0.15, 0.2) is 0 Å². The third kappa shape index (κ3) is 6.38. The molecule has 0 fully saturated rings. The van der Waals surface area contributed by atoms with Crippen molar-refractivity contribution in [2.45, 2.75) is 32.2 Å². The van der Waals surface area contributed by atoms with Crippen LogP contribution in [0.4, 0.5) is 17.3 Å². The molecule has 0 unspecified atom stereocenters. The SMILES string of the molecule is CC(C)(C)C(=O)Nc1ccc(NCc2ccc(S(N)(=O)=O)cc2)[nH+]c1N.[Cl-]. The van der Waals surface area contributed by atoms with Crippen LogP contribution in [0.1, 0.15) is 26.3 Å². The number of primary sulfonamides is 1. The van der Waals surface area contributed by atoms with Crippen molar-refractivity contribution in [2.75, 3.05) is 16.4 Å². The zero-order valence-electron chi connectivity index (χ0n) is 15.3. The zero-order valence-corrected chi connectivity index (χ0v) is 16.9. The number of H-pyrrole nitrogens is 1. The van der Waals surface area contributed by atoms with Gasteiger partial charge < -0.3 is 28.8 Å². The van der Waals surface area contributed by atoms with E-state index in [9.17, 15) is 13.2 Å². The first-order valence-corrected chi connectivity index (χ1v) is 9.50. The van der Waals surface area contributed by atoms with E-state index in [0.29, 0.717) is 23.9 Å². The Bertz CT molecular complexity index is 909. The topological polar surface area (TPSA) is 141 Å². The molecule has 2 aromatic rings. The molecule has 0 aliphatic carbocycles. The number of aromatic nitrogens is 1. The predicted molar refractivity (Wildman–Crippen MR) is 101 cm³/mol. The maximum atomic E-state index is 12.0. The van der Waals surface area contributed by atoms with Crippen LogP contribution in [-0.4, -0.2) is 14.3 Å². The van der Waals surface area contributed by atoms with E-state index in [0.717, 1.165) is 5.56 Å². The maximum Gasteiger partial charge on any atom is 0.241 e. The molecule has 1 aromatic heterocycles. The molecule has 27 heavy (non-hydrogen) atoms. The Balaban J connectivity index is 0.00000364. The minimum atomic E-state index is -3.70. The van der Waals surface area contributed by atoms with E-state index in [4.69, 9.17) is 10.9 Å². The summed E-state index contributed by atoms with van der Waals surface area (Å²) in [6, 6.07) is 9.72. The number of benzene rings is 1. The van der Waals surface area contributed by atoms with Gasteiger partial charge in [-0.2, -0.15) is 0 Å². The van der Waals surface area contributed by atoms with Gasteiger partial charge in [0, 0.05) is 11.5 Å². The number of aromatic amines is 1. The lowest BCUT2D eigenvalue weighted by atomic mass is 9.95. The summed E-state index contributed by atoms with van der Waals surface area (Å²) < 4.78 is 22.5. The number of carbonyl (C=O) groups is 1. The van der Waals surface area contributed by atoms with Gasteiger partial charge in [-0.05, 0) is 23.8 Å². The van der Waals surface area contributed by atoms with E-state index < -0.39 is 15.4 Å². The number of carbonyl (C=O) groups excluding carboxylic acids is 1. The summed E-state index contributed by atoms with van der Waals surface area (Å²) in [5, 5.41) is 11.0. The third-order valence-electron chi connectivity index (χ3n) is 3.64. The van der Waals surface area contributed by atoms with Crippen molar-refractivity contribution >= 4 is 33.3 Å². The number of nitrogens with two attached hydrogens (primary N) is 2. The highest BCUT2D eigenvalue weighted by Crippen LogP contribution is 2.20. The molecule has 1 amide bonds. The lowest BCUT2D eigenvalue weighted by Gasteiger charge is -2.17. The number of hydrogen-bond donors (Lipinski definition) is 4. The number of nitrogens with one attached hydrogen (secondary N) is 3. The zero-order chi connectivity index (χ0) is 19.5. The van der Waals surface area contributed by atoms with E-state index in [1.165, 1.54) is 12.1 Å². The van der Waals surface area contributed by atoms with Crippen LogP contribution in [0.3, 0.4) is 0 Å². The van der Waals surface area contributed by atoms with Crippen LogP contribution in [0.2, 0.25) is 0 Å². The number of sulfonamides is 1. The molecule has 2 rings (SSSR count). The summed E-state index contributed by atoms with van der Waals surface area (Å²) in [5.74, 6) is 0.859. The van der Waals surface area contributed by atoms with Gasteiger partial charge >= 0.3 is 0 Å². The molecule has 1 heterocycles. The summed E-state index contributed by atoms with van der Waals surface area (Å²) in [6.07, 6.45) is 0. The molecule has 1 aromatic carbocycles. The average molecular weight is 414 g/mol. The van der Waals surface area contributed by atoms with Crippen molar-refractivity contribution in [3.05, 3.63) is 42.0 Å². The van der Waals surface area contributed by atoms with Gasteiger partial charge in [-0.3, -0.25) is 4.79 Å². The predicted octanol–water partition coefficient (Wildman–Crippen LogP) is -1.67. The van der Waals surface area contributed by atoms with Crippen LogP contribution in [0.15, 0.2) is 41.3 Å². The molecule has 10 heteroatoms. The highest BCUT2D eigenvalue weighted by Gasteiger charge is 2.22. The minimum absolute atomic E-state index is 0. The smallest absolute Gasteiger partial charge is 0.241 e. The summed E-state index contributed by atoms with van der Waals surface area (Å²) in [6.45, 7) is 5.91. The summed E-state index contributed by atoms with van der Waals surface area (Å²) in [7, 11) is -3.70. The molecule has 0 aliphatic rings. The van der Waals surface area contributed by atoms with Crippen LogP contribution in [0, 0.1) is 5.41 Å². The number of anilines is 3. The first kappa shape index (κ1) is 22.7. The Morgan fingerprint density at radius 3 is 2.19 bits per heavy atom. The monoisotopic (exact) mass is 413 g/mol. The number of halogens is 1. The second-order valence-electron chi connectivity index (χ2n) is 6.95. The Morgan fingerprint density at radius 2 is 1.70 bits per heavy atom. The van der Waals surface area contributed by atoms with Gasteiger partial charge in [0.1, 0.15) is 5.69 Å². The maximum absolute atomic E-state index is 12.0. The van der Waals surface area contributed by atoms with Gasteiger partial charge in [0.2, 0.25) is 27.6 Å². The van der Waals surface area contributed by atoms with Crippen LogP contribution < -0.4 is 38.9 Å². The lowest BCUT2D eigenvalue weighted by Crippen LogP contribution is -3.00. The molecule has 0 saturated carbocycles. The first-order chi connectivity index (χ1) is 12.0. The fourth-order valence-corrected chi connectivity index (χ4v) is 2.54. The molecule has 7 N–H and O–H groups in total. The van der Waals surface area contributed by atoms with Crippen molar-refractivity contribution in [3.8, 4) is 0 Å². The number of amides is 1. The second kappa shape index (κ2) is 8.55. The molecule has 8 nitrogen and oxygen atoms in total. The molecular weight excluding hydrogens is 390 g/mol. The number of rotatable bonds is 5. The van der Waals surface area contributed by atoms with Crippen molar-refractivity contribution < 1.29 is 30.6 Å². The quantitative estimate of drug-likeness (QED) is 0.463. The van der Waals surface area contributed by atoms with Crippen molar-refractivity contribution in [3.63, 3.8) is 0 Å². The van der Waals surface area contributed by atoms with Gasteiger partial charge in [-0.1, -0.05) is 32.9 Å². The van der Waals surface area contributed by atoms with E-state index in [2.05, 4.69) is 15.6 Å². The largest absolute Gasteiger partial charge is 1.00 e.